The van der Waals surface area contributed by atoms with Crippen LogP contribution < -0.4 is 11.5 Å². The molecule has 5 N–H and O–H groups in total. The normalized spacial score (nSPS) is 10.6. The minimum absolute atomic E-state index is 0.0483. The lowest BCUT2D eigenvalue weighted by molar-refractivity contribution is -0.117. The van der Waals surface area contributed by atoms with Gasteiger partial charge in [-0.1, -0.05) is 23.2 Å². The summed E-state index contributed by atoms with van der Waals surface area (Å²) in [6, 6.07) is 3.34. The molecule has 6 nitrogen and oxygen atoms in total. The minimum Gasteiger partial charge on any atom is -0.370 e. The largest absolute Gasteiger partial charge is 0.370 e. The number of halogens is 2. The maximum absolute atomic E-state index is 11.6. The first kappa shape index (κ1) is 12.7. The number of H-pyrrole nitrogens is 1. The predicted molar refractivity (Wildman–Crippen MR) is 70.6 cm³/mol. The van der Waals surface area contributed by atoms with Crippen molar-refractivity contribution in [3.05, 3.63) is 27.9 Å². The quantitative estimate of drug-likeness (QED) is 0.569. The Morgan fingerprint density at radius 2 is 2.11 bits per heavy atom. The number of carbonyl (C=O) groups excluding carboxylic acids is 1. The highest BCUT2D eigenvalue weighted by molar-refractivity contribution is 6.37. The SMILES string of the molecule is NC(N)=NC(=O)Cc1c(Cl)ccc2n[nH]c(Cl)c12. The summed E-state index contributed by atoms with van der Waals surface area (Å²) < 4.78 is 0. The highest BCUT2D eigenvalue weighted by atomic mass is 35.5. The Balaban J connectivity index is 2.49. The Morgan fingerprint density at radius 3 is 2.78 bits per heavy atom. The fourth-order valence-corrected chi connectivity index (χ4v) is 2.10. The van der Waals surface area contributed by atoms with Crippen LogP contribution in [-0.2, 0) is 11.2 Å². The van der Waals surface area contributed by atoms with E-state index >= 15 is 0 Å². The molecule has 0 atom stereocenters. The van der Waals surface area contributed by atoms with Gasteiger partial charge >= 0.3 is 0 Å². The molecule has 0 saturated heterocycles. The van der Waals surface area contributed by atoms with Gasteiger partial charge in [0.1, 0.15) is 5.15 Å². The van der Waals surface area contributed by atoms with Crippen molar-refractivity contribution in [2.45, 2.75) is 6.42 Å². The molecule has 8 heteroatoms. The third kappa shape index (κ3) is 2.39. The van der Waals surface area contributed by atoms with Crippen LogP contribution in [0.4, 0.5) is 0 Å². The number of hydrogen-bond donors (Lipinski definition) is 3. The van der Waals surface area contributed by atoms with E-state index < -0.39 is 5.91 Å². The highest BCUT2D eigenvalue weighted by Gasteiger charge is 2.15. The number of carbonyl (C=O) groups is 1. The van der Waals surface area contributed by atoms with Gasteiger partial charge in [0.15, 0.2) is 5.96 Å². The van der Waals surface area contributed by atoms with Crippen LogP contribution in [0.3, 0.4) is 0 Å². The van der Waals surface area contributed by atoms with Crippen molar-refractivity contribution in [2.75, 3.05) is 0 Å². The zero-order valence-electron chi connectivity index (χ0n) is 9.08. The van der Waals surface area contributed by atoms with Gasteiger partial charge in [0.2, 0.25) is 0 Å². The number of hydrogen-bond acceptors (Lipinski definition) is 2. The summed E-state index contributed by atoms with van der Waals surface area (Å²) in [6.07, 6.45) is -0.0483. The lowest BCUT2D eigenvalue weighted by Gasteiger charge is -2.03. The van der Waals surface area contributed by atoms with E-state index in [-0.39, 0.29) is 12.4 Å². The molecule has 1 aromatic heterocycles. The first-order chi connectivity index (χ1) is 8.49. The molecule has 0 unspecified atom stereocenters. The summed E-state index contributed by atoms with van der Waals surface area (Å²) in [5.74, 6) is -0.789. The van der Waals surface area contributed by atoms with Gasteiger partial charge in [-0.25, -0.2) is 0 Å². The number of benzene rings is 1. The number of rotatable bonds is 2. The maximum Gasteiger partial charge on any atom is 0.253 e. The van der Waals surface area contributed by atoms with Crippen molar-refractivity contribution in [1.29, 1.82) is 0 Å². The molecule has 94 valence electrons. The fraction of sp³-hybridized carbons (Fsp3) is 0.100. The molecular weight excluding hydrogens is 277 g/mol. The second-order valence-electron chi connectivity index (χ2n) is 3.56. The molecule has 0 radical (unpaired) electrons. The van der Waals surface area contributed by atoms with E-state index in [1.165, 1.54) is 0 Å². The van der Waals surface area contributed by atoms with Crippen molar-refractivity contribution in [3.8, 4) is 0 Å². The van der Waals surface area contributed by atoms with Crippen molar-refractivity contribution in [2.24, 2.45) is 16.5 Å². The number of aromatic amines is 1. The lowest BCUT2D eigenvalue weighted by Crippen LogP contribution is -2.24. The van der Waals surface area contributed by atoms with Gasteiger partial charge in [0.05, 0.1) is 11.9 Å². The van der Waals surface area contributed by atoms with E-state index in [4.69, 9.17) is 34.7 Å². The molecule has 1 heterocycles. The molecule has 0 aliphatic rings. The number of nitrogens with zero attached hydrogens (tertiary/aromatic N) is 2. The average Bonchev–Trinajstić information content (AvgIpc) is 2.64. The van der Waals surface area contributed by atoms with E-state index in [0.717, 1.165) is 0 Å². The summed E-state index contributed by atoms with van der Waals surface area (Å²) in [7, 11) is 0. The Kier molecular flexibility index (Phi) is 3.40. The van der Waals surface area contributed by atoms with Crippen molar-refractivity contribution >= 4 is 46.0 Å². The van der Waals surface area contributed by atoms with Gasteiger partial charge in [0, 0.05) is 10.4 Å². The summed E-state index contributed by atoms with van der Waals surface area (Å²) in [4.78, 5) is 15.0. The molecular formula is C10H9Cl2N5O. The van der Waals surface area contributed by atoms with Crippen LogP contribution >= 0.6 is 23.2 Å². The molecule has 18 heavy (non-hydrogen) atoms. The Hall–Kier alpha value is -1.79. The topological polar surface area (TPSA) is 110 Å². The first-order valence-corrected chi connectivity index (χ1v) is 5.68. The van der Waals surface area contributed by atoms with Gasteiger partial charge in [-0.15, -0.1) is 0 Å². The van der Waals surface area contributed by atoms with Gasteiger partial charge in [-0.05, 0) is 17.7 Å². The average molecular weight is 286 g/mol. The van der Waals surface area contributed by atoms with Crippen molar-refractivity contribution in [1.82, 2.24) is 10.2 Å². The molecule has 0 aliphatic carbocycles. The summed E-state index contributed by atoms with van der Waals surface area (Å²) in [5.41, 5.74) is 11.4. The Morgan fingerprint density at radius 1 is 1.39 bits per heavy atom. The lowest BCUT2D eigenvalue weighted by atomic mass is 10.1. The molecule has 0 spiro atoms. The number of guanidine groups is 1. The smallest absolute Gasteiger partial charge is 0.253 e. The fourth-order valence-electron chi connectivity index (χ4n) is 1.62. The van der Waals surface area contributed by atoms with Crippen LogP contribution in [0.25, 0.3) is 10.9 Å². The third-order valence-corrected chi connectivity index (χ3v) is 2.94. The zero-order valence-corrected chi connectivity index (χ0v) is 10.6. The van der Waals surface area contributed by atoms with Crippen LogP contribution in [0, 0.1) is 0 Å². The highest BCUT2D eigenvalue weighted by Crippen LogP contribution is 2.30. The molecule has 0 aliphatic heterocycles. The summed E-state index contributed by atoms with van der Waals surface area (Å²) in [6.45, 7) is 0. The third-order valence-electron chi connectivity index (χ3n) is 2.31. The van der Waals surface area contributed by atoms with Crippen LogP contribution in [0.2, 0.25) is 10.2 Å². The molecule has 1 amide bonds. The standard InChI is InChI=1S/C10H9Cl2N5O/c11-5-1-2-6-8(9(12)17-16-6)4(5)3-7(18)15-10(13)14/h1-2H,3H2,(H,16,17)(H4,13,14,15,18). The van der Waals surface area contributed by atoms with Gasteiger partial charge < -0.3 is 11.5 Å². The van der Waals surface area contributed by atoms with Crippen LogP contribution in [0.15, 0.2) is 17.1 Å². The summed E-state index contributed by atoms with van der Waals surface area (Å²) in [5, 5.41) is 7.92. The van der Waals surface area contributed by atoms with Crippen LogP contribution in [-0.4, -0.2) is 22.1 Å². The number of nitrogens with two attached hydrogens (primary N) is 2. The molecule has 2 rings (SSSR count). The predicted octanol–water partition coefficient (Wildman–Crippen LogP) is 1.21. The Labute approximate surface area is 112 Å². The van der Waals surface area contributed by atoms with Gasteiger partial charge in [-0.3, -0.25) is 9.89 Å². The monoisotopic (exact) mass is 285 g/mol. The van der Waals surface area contributed by atoms with Crippen LogP contribution in [0.5, 0.6) is 0 Å². The number of amides is 1. The van der Waals surface area contributed by atoms with Crippen LogP contribution in [0.1, 0.15) is 5.56 Å². The first-order valence-electron chi connectivity index (χ1n) is 4.92. The van der Waals surface area contributed by atoms with E-state index in [1.807, 2.05) is 0 Å². The second-order valence-corrected chi connectivity index (χ2v) is 4.35. The van der Waals surface area contributed by atoms with E-state index in [2.05, 4.69) is 15.2 Å². The molecule has 0 bridgehead atoms. The molecule has 0 saturated carbocycles. The minimum atomic E-state index is -0.498. The number of aliphatic imine (C=N–C) groups is 1. The molecule has 0 fully saturated rings. The second kappa shape index (κ2) is 4.83. The van der Waals surface area contributed by atoms with Crippen molar-refractivity contribution < 1.29 is 4.79 Å². The zero-order chi connectivity index (χ0) is 13.3. The van der Waals surface area contributed by atoms with Crippen molar-refractivity contribution in [3.63, 3.8) is 0 Å². The van der Waals surface area contributed by atoms with Gasteiger partial charge in [-0.2, -0.15) is 10.1 Å². The number of fused-ring (bicyclic) bond motifs is 1. The van der Waals surface area contributed by atoms with E-state index in [1.54, 1.807) is 12.1 Å². The Bertz CT molecular complexity index is 645. The maximum atomic E-state index is 11.6. The van der Waals surface area contributed by atoms with E-state index in [0.29, 0.717) is 26.6 Å². The summed E-state index contributed by atoms with van der Waals surface area (Å²) >= 11 is 12.0. The molecule has 2 aromatic rings. The van der Waals surface area contributed by atoms with E-state index in [9.17, 15) is 4.79 Å². The van der Waals surface area contributed by atoms with Gasteiger partial charge in [0.25, 0.3) is 5.91 Å². The number of nitrogens with one attached hydrogen (secondary N) is 1. The molecule has 1 aromatic carbocycles. The number of aromatic nitrogens is 2.